The topological polar surface area (TPSA) is 12.5 Å². The molecule has 1 heterocycles. The average molecular weight is 432 g/mol. The molecule has 0 bridgehead atoms. The Morgan fingerprint density at radius 2 is 1.53 bits per heavy atom. The summed E-state index contributed by atoms with van der Waals surface area (Å²) in [6, 6.07) is 15.5. The van der Waals surface area contributed by atoms with Crippen molar-refractivity contribution >= 4 is 5.57 Å². The molecule has 32 heavy (non-hydrogen) atoms. The Labute approximate surface area is 185 Å². The summed E-state index contributed by atoms with van der Waals surface area (Å²) in [5.74, 6) is -1.51. The third-order valence-electron chi connectivity index (χ3n) is 6.42. The summed E-state index contributed by atoms with van der Waals surface area (Å²) in [7, 11) is 0. The van der Waals surface area contributed by atoms with Gasteiger partial charge in [0, 0.05) is 16.7 Å². The molecule has 1 aliphatic heterocycles. The maximum absolute atomic E-state index is 14.9. The van der Waals surface area contributed by atoms with Gasteiger partial charge in [0.05, 0.1) is 6.61 Å². The van der Waals surface area contributed by atoms with Crippen LogP contribution in [0.25, 0.3) is 27.8 Å². The Bertz CT molecular complexity index is 1210. The van der Waals surface area contributed by atoms with E-state index in [0.717, 1.165) is 36.0 Å². The van der Waals surface area contributed by atoms with Gasteiger partial charge < -0.3 is 4.74 Å². The van der Waals surface area contributed by atoms with Crippen LogP contribution < -0.4 is 0 Å². The summed E-state index contributed by atoms with van der Waals surface area (Å²) in [6.45, 7) is 4.27. The van der Waals surface area contributed by atoms with Crippen molar-refractivity contribution in [3.8, 4) is 22.3 Å². The minimum absolute atomic E-state index is 0.196. The van der Waals surface area contributed by atoms with Crippen LogP contribution in [-0.4, -0.2) is 6.61 Å². The molecule has 1 fully saturated rings. The van der Waals surface area contributed by atoms with E-state index in [2.05, 4.69) is 12.7 Å². The van der Waals surface area contributed by atoms with Crippen molar-refractivity contribution in [3.05, 3.63) is 102 Å². The summed E-state index contributed by atoms with van der Waals surface area (Å²) >= 11 is 0. The fourth-order valence-electron chi connectivity index (χ4n) is 4.37. The molecule has 0 saturated carbocycles. The second kappa shape index (κ2) is 8.44. The molecule has 5 rings (SSSR count). The zero-order valence-electron chi connectivity index (χ0n) is 17.6. The smallest absolute Gasteiger partial charge is 0.167 e. The fraction of sp³-hybridized carbons (Fsp3) is 0.214. The second-order valence-corrected chi connectivity index (χ2v) is 8.42. The van der Waals surface area contributed by atoms with Crippen molar-refractivity contribution in [1.82, 2.24) is 0 Å². The number of allylic oxidation sites excluding steroid dienone is 3. The SMILES string of the molecule is C=CC1CC=C(c2ccc(-c3ccc(-c4ccc(C5CO5)c(F)c4F)cc3)cc2F)CC1. The van der Waals surface area contributed by atoms with E-state index in [-0.39, 0.29) is 23.0 Å². The number of halogens is 3. The third-order valence-corrected chi connectivity index (χ3v) is 6.42. The molecule has 2 atom stereocenters. The molecule has 0 N–H and O–H groups in total. The molecule has 2 unspecified atom stereocenters. The van der Waals surface area contributed by atoms with E-state index < -0.39 is 11.6 Å². The summed E-state index contributed by atoms with van der Waals surface area (Å²) < 4.78 is 48.9. The zero-order chi connectivity index (χ0) is 22.2. The number of epoxide rings is 1. The molecule has 1 aliphatic carbocycles. The average Bonchev–Trinajstić information content (AvgIpc) is 3.66. The summed E-state index contributed by atoms with van der Waals surface area (Å²) in [4.78, 5) is 0. The maximum Gasteiger partial charge on any atom is 0.167 e. The Kier molecular flexibility index (Phi) is 5.48. The molecule has 3 aromatic rings. The minimum Gasteiger partial charge on any atom is -0.368 e. The summed E-state index contributed by atoms with van der Waals surface area (Å²) in [5.41, 5.74) is 4.26. The first kappa shape index (κ1) is 20.8. The number of hydrogen-bond acceptors (Lipinski definition) is 1. The van der Waals surface area contributed by atoms with E-state index in [1.54, 1.807) is 36.4 Å². The van der Waals surface area contributed by atoms with Gasteiger partial charge in [-0.1, -0.05) is 60.7 Å². The molecule has 0 amide bonds. The third kappa shape index (κ3) is 3.91. The van der Waals surface area contributed by atoms with Gasteiger partial charge in [0.25, 0.3) is 0 Å². The van der Waals surface area contributed by atoms with Crippen LogP contribution in [0, 0.1) is 23.4 Å². The van der Waals surface area contributed by atoms with Crippen molar-refractivity contribution in [1.29, 1.82) is 0 Å². The van der Waals surface area contributed by atoms with Gasteiger partial charge in [0.15, 0.2) is 11.6 Å². The lowest BCUT2D eigenvalue weighted by Crippen LogP contribution is -2.03. The van der Waals surface area contributed by atoms with Crippen molar-refractivity contribution in [2.75, 3.05) is 6.61 Å². The monoisotopic (exact) mass is 432 g/mol. The highest BCUT2D eigenvalue weighted by atomic mass is 19.2. The van der Waals surface area contributed by atoms with Crippen LogP contribution in [-0.2, 0) is 4.74 Å². The highest BCUT2D eigenvalue weighted by molar-refractivity contribution is 5.74. The van der Waals surface area contributed by atoms with E-state index in [4.69, 9.17) is 4.74 Å². The van der Waals surface area contributed by atoms with Gasteiger partial charge in [-0.05, 0) is 53.5 Å². The lowest BCUT2D eigenvalue weighted by atomic mass is 9.86. The molecule has 1 saturated heterocycles. The van der Waals surface area contributed by atoms with Gasteiger partial charge in [0.1, 0.15) is 11.9 Å². The van der Waals surface area contributed by atoms with Gasteiger partial charge >= 0.3 is 0 Å². The zero-order valence-corrected chi connectivity index (χ0v) is 17.6. The van der Waals surface area contributed by atoms with Crippen LogP contribution in [0.15, 0.2) is 73.3 Å². The first-order chi connectivity index (χ1) is 15.5. The Balaban J connectivity index is 1.39. The van der Waals surface area contributed by atoms with E-state index in [9.17, 15) is 13.2 Å². The molecular weight excluding hydrogens is 409 g/mol. The molecule has 0 radical (unpaired) electrons. The normalized spacial score (nSPS) is 20.0. The number of benzene rings is 3. The van der Waals surface area contributed by atoms with E-state index in [1.165, 1.54) is 6.07 Å². The molecule has 0 aromatic heterocycles. The van der Waals surface area contributed by atoms with Gasteiger partial charge in [-0.25, -0.2) is 13.2 Å². The number of rotatable bonds is 5. The van der Waals surface area contributed by atoms with Crippen LogP contribution in [0.1, 0.15) is 36.5 Å². The van der Waals surface area contributed by atoms with Crippen molar-refractivity contribution in [2.45, 2.75) is 25.4 Å². The first-order valence-corrected chi connectivity index (χ1v) is 10.9. The van der Waals surface area contributed by atoms with E-state index in [0.29, 0.717) is 23.7 Å². The predicted octanol–water partition coefficient (Wildman–Crippen LogP) is 7.88. The lowest BCUT2D eigenvalue weighted by molar-refractivity contribution is 0.401. The van der Waals surface area contributed by atoms with Crippen LogP contribution in [0.4, 0.5) is 13.2 Å². The first-order valence-electron chi connectivity index (χ1n) is 10.9. The van der Waals surface area contributed by atoms with Crippen LogP contribution in [0.2, 0.25) is 0 Å². The Morgan fingerprint density at radius 1 is 0.844 bits per heavy atom. The van der Waals surface area contributed by atoms with Crippen LogP contribution >= 0.6 is 0 Å². The molecule has 3 aromatic carbocycles. The largest absolute Gasteiger partial charge is 0.368 e. The standard InChI is InChI=1S/C28H23F3O/c1-2-17-3-5-19(6-4-17)22-12-11-21(15-25(22)29)18-7-9-20(10-8-18)23-13-14-24(26-16-32-26)28(31)27(23)30/h2,5,7-15,17,26H,1,3-4,6,16H2. The van der Waals surface area contributed by atoms with Gasteiger partial charge in [-0.2, -0.15) is 0 Å². The molecule has 162 valence electrons. The van der Waals surface area contributed by atoms with Crippen LogP contribution in [0.5, 0.6) is 0 Å². The van der Waals surface area contributed by atoms with Gasteiger partial charge in [-0.15, -0.1) is 6.58 Å². The Hall–Kier alpha value is -3.11. The highest BCUT2D eigenvalue weighted by Crippen LogP contribution is 2.37. The van der Waals surface area contributed by atoms with Crippen LogP contribution in [0.3, 0.4) is 0 Å². The van der Waals surface area contributed by atoms with E-state index in [1.807, 2.05) is 18.2 Å². The number of hydrogen-bond donors (Lipinski definition) is 0. The molecular formula is C28H23F3O. The van der Waals surface area contributed by atoms with Gasteiger partial charge in [-0.3, -0.25) is 0 Å². The van der Waals surface area contributed by atoms with Gasteiger partial charge in [0.2, 0.25) is 0 Å². The predicted molar refractivity (Wildman–Crippen MR) is 121 cm³/mol. The quantitative estimate of drug-likeness (QED) is 0.295. The molecule has 4 heteroatoms. The lowest BCUT2D eigenvalue weighted by Gasteiger charge is -2.19. The van der Waals surface area contributed by atoms with E-state index >= 15 is 0 Å². The van der Waals surface area contributed by atoms with Crippen molar-refractivity contribution in [2.24, 2.45) is 5.92 Å². The molecule has 1 nitrogen and oxygen atoms in total. The highest BCUT2D eigenvalue weighted by Gasteiger charge is 2.30. The second-order valence-electron chi connectivity index (χ2n) is 8.42. The molecule has 0 spiro atoms. The molecule has 2 aliphatic rings. The fourth-order valence-corrected chi connectivity index (χ4v) is 4.37. The van der Waals surface area contributed by atoms with Crippen molar-refractivity contribution < 1.29 is 17.9 Å². The number of ether oxygens (including phenoxy) is 1. The minimum atomic E-state index is -0.874. The maximum atomic E-state index is 14.9. The summed E-state index contributed by atoms with van der Waals surface area (Å²) in [5, 5.41) is 0. The summed E-state index contributed by atoms with van der Waals surface area (Å²) in [6.07, 6.45) is 6.46. The Morgan fingerprint density at radius 3 is 2.16 bits per heavy atom. The van der Waals surface area contributed by atoms with Crippen molar-refractivity contribution in [3.63, 3.8) is 0 Å².